The first-order valence-corrected chi connectivity index (χ1v) is 5.81. The second-order valence-corrected chi connectivity index (χ2v) is 4.23. The van der Waals surface area contributed by atoms with E-state index in [1.165, 1.54) is 12.1 Å². The molecular formula is C15H14O4. The molecule has 0 heterocycles. The van der Waals surface area contributed by atoms with E-state index in [2.05, 4.69) is 0 Å². The molecule has 0 spiro atoms. The molecule has 0 saturated carbocycles. The first kappa shape index (κ1) is 13.0. The summed E-state index contributed by atoms with van der Waals surface area (Å²) in [5.74, 6) is -1.35. The lowest BCUT2D eigenvalue weighted by atomic mass is 10.1. The van der Waals surface area contributed by atoms with Crippen molar-refractivity contribution in [3.05, 3.63) is 59.2 Å². The number of aromatic hydroxyl groups is 1. The molecule has 0 aliphatic rings. The summed E-state index contributed by atoms with van der Waals surface area (Å²) in [5, 5.41) is 18.6. The molecule has 0 aliphatic heterocycles. The number of benzene rings is 2. The SMILES string of the molecule is Cc1ccc(COc2cccc(O)c2C(=O)O)cc1. The molecule has 2 N–H and O–H groups in total. The molecule has 0 fully saturated rings. The normalized spacial score (nSPS) is 10.2. The highest BCUT2D eigenvalue weighted by atomic mass is 16.5. The molecular weight excluding hydrogens is 244 g/mol. The largest absolute Gasteiger partial charge is 0.507 e. The second-order valence-electron chi connectivity index (χ2n) is 4.23. The maximum atomic E-state index is 11.1. The van der Waals surface area contributed by atoms with Crippen LogP contribution in [0.15, 0.2) is 42.5 Å². The van der Waals surface area contributed by atoms with Crippen LogP contribution in [0.1, 0.15) is 21.5 Å². The second kappa shape index (κ2) is 5.44. The van der Waals surface area contributed by atoms with Gasteiger partial charge in [-0.05, 0) is 24.6 Å². The predicted molar refractivity (Wildman–Crippen MR) is 70.6 cm³/mol. The number of hydrogen-bond donors (Lipinski definition) is 2. The Morgan fingerprint density at radius 3 is 2.47 bits per heavy atom. The highest BCUT2D eigenvalue weighted by Crippen LogP contribution is 2.28. The lowest BCUT2D eigenvalue weighted by Crippen LogP contribution is -2.03. The van der Waals surface area contributed by atoms with E-state index in [1.54, 1.807) is 6.07 Å². The van der Waals surface area contributed by atoms with E-state index in [1.807, 2.05) is 31.2 Å². The van der Waals surface area contributed by atoms with Gasteiger partial charge in [0.15, 0.2) is 0 Å². The number of phenols is 1. The van der Waals surface area contributed by atoms with Crippen LogP contribution in [0.2, 0.25) is 0 Å². The van der Waals surface area contributed by atoms with Gasteiger partial charge in [0.05, 0.1) is 0 Å². The van der Waals surface area contributed by atoms with Crippen molar-refractivity contribution in [3.8, 4) is 11.5 Å². The molecule has 0 aliphatic carbocycles. The maximum absolute atomic E-state index is 11.1. The van der Waals surface area contributed by atoms with Crippen LogP contribution in [0.3, 0.4) is 0 Å². The fourth-order valence-corrected chi connectivity index (χ4v) is 1.70. The van der Waals surface area contributed by atoms with Gasteiger partial charge in [-0.25, -0.2) is 4.79 Å². The number of carboxylic acids is 1. The predicted octanol–water partition coefficient (Wildman–Crippen LogP) is 2.98. The van der Waals surface area contributed by atoms with Gasteiger partial charge in [-0.2, -0.15) is 0 Å². The molecule has 0 aromatic heterocycles. The van der Waals surface area contributed by atoms with Crippen LogP contribution < -0.4 is 4.74 Å². The molecule has 0 atom stereocenters. The minimum absolute atomic E-state index is 0.160. The standard InChI is InChI=1S/C15H14O4/c1-10-5-7-11(8-6-10)9-19-13-4-2-3-12(16)14(13)15(17)18/h2-8,16H,9H2,1H3,(H,17,18). The maximum Gasteiger partial charge on any atom is 0.343 e. The van der Waals surface area contributed by atoms with Crippen molar-refractivity contribution in [3.63, 3.8) is 0 Å². The van der Waals surface area contributed by atoms with Crippen LogP contribution in [0.5, 0.6) is 11.5 Å². The summed E-state index contributed by atoms with van der Waals surface area (Å²) in [4.78, 5) is 11.1. The van der Waals surface area contributed by atoms with Gasteiger partial charge in [0.25, 0.3) is 0 Å². The molecule has 0 amide bonds. The lowest BCUT2D eigenvalue weighted by molar-refractivity contribution is 0.0688. The van der Waals surface area contributed by atoms with Crippen LogP contribution >= 0.6 is 0 Å². The summed E-state index contributed by atoms with van der Waals surface area (Å²) in [6.45, 7) is 2.24. The highest BCUT2D eigenvalue weighted by Gasteiger charge is 2.16. The molecule has 2 aromatic carbocycles. The van der Waals surface area contributed by atoms with Crippen LogP contribution in [-0.4, -0.2) is 16.2 Å². The van der Waals surface area contributed by atoms with Gasteiger partial charge in [0.1, 0.15) is 23.7 Å². The van der Waals surface area contributed by atoms with Crippen molar-refractivity contribution in [2.24, 2.45) is 0 Å². The van der Waals surface area contributed by atoms with Gasteiger partial charge in [-0.15, -0.1) is 0 Å². The number of rotatable bonds is 4. The Bertz CT molecular complexity index is 588. The van der Waals surface area contributed by atoms with Gasteiger partial charge in [-0.3, -0.25) is 0 Å². The minimum atomic E-state index is -1.21. The van der Waals surface area contributed by atoms with E-state index < -0.39 is 5.97 Å². The number of carboxylic acid groups (broad SMARTS) is 1. The summed E-state index contributed by atoms with van der Waals surface area (Å²) in [6, 6.07) is 12.1. The molecule has 0 radical (unpaired) electrons. The molecule has 2 rings (SSSR count). The van der Waals surface area contributed by atoms with Gasteiger partial charge in [0, 0.05) is 0 Å². The number of aromatic carboxylic acids is 1. The van der Waals surface area contributed by atoms with Crippen LogP contribution in [-0.2, 0) is 6.61 Å². The van der Waals surface area contributed by atoms with E-state index in [0.717, 1.165) is 11.1 Å². The number of ether oxygens (including phenoxy) is 1. The smallest absolute Gasteiger partial charge is 0.343 e. The van der Waals surface area contributed by atoms with Gasteiger partial charge < -0.3 is 14.9 Å². The van der Waals surface area contributed by atoms with Gasteiger partial charge >= 0.3 is 5.97 Å². The van der Waals surface area contributed by atoms with E-state index in [0.29, 0.717) is 0 Å². The first-order valence-electron chi connectivity index (χ1n) is 5.81. The van der Waals surface area contributed by atoms with E-state index in [-0.39, 0.29) is 23.7 Å². The number of aryl methyl sites for hydroxylation is 1. The fourth-order valence-electron chi connectivity index (χ4n) is 1.70. The lowest BCUT2D eigenvalue weighted by Gasteiger charge is -2.10. The van der Waals surface area contributed by atoms with Crippen LogP contribution in [0, 0.1) is 6.92 Å². The van der Waals surface area contributed by atoms with Crippen molar-refractivity contribution in [2.75, 3.05) is 0 Å². The molecule has 0 saturated heterocycles. The molecule has 2 aromatic rings. The Balaban J connectivity index is 2.18. The first-order chi connectivity index (χ1) is 9.08. The highest BCUT2D eigenvalue weighted by molar-refractivity contribution is 5.93. The van der Waals surface area contributed by atoms with Crippen molar-refractivity contribution in [1.82, 2.24) is 0 Å². The average molecular weight is 258 g/mol. The molecule has 19 heavy (non-hydrogen) atoms. The zero-order valence-electron chi connectivity index (χ0n) is 10.5. The Labute approximate surface area is 110 Å². The fraction of sp³-hybridized carbons (Fsp3) is 0.133. The average Bonchev–Trinajstić information content (AvgIpc) is 2.37. The Kier molecular flexibility index (Phi) is 3.71. The third-order valence-corrected chi connectivity index (χ3v) is 2.73. The van der Waals surface area contributed by atoms with Crippen molar-refractivity contribution in [1.29, 1.82) is 0 Å². The van der Waals surface area contributed by atoms with Gasteiger partial charge in [-0.1, -0.05) is 35.9 Å². The van der Waals surface area contributed by atoms with E-state index in [9.17, 15) is 9.90 Å². The quantitative estimate of drug-likeness (QED) is 0.884. The van der Waals surface area contributed by atoms with E-state index in [4.69, 9.17) is 9.84 Å². The third kappa shape index (κ3) is 3.04. The Morgan fingerprint density at radius 2 is 1.84 bits per heavy atom. The van der Waals surface area contributed by atoms with Crippen LogP contribution in [0.25, 0.3) is 0 Å². The van der Waals surface area contributed by atoms with Crippen molar-refractivity contribution >= 4 is 5.97 Å². The molecule has 4 heteroatoms. The summed E-state index contributed by atoms with van der Waals surface area (Å²) in [7, 11) is 0. The molecule has 0 bridgehead atoms. The van der Waals surface area contributed by atoms with Crippen molar-refractivity contribution < 1.29 is 19.7 Å². The zero-order chi connectivity index (χ0) is 13.8. The number of hydrogen-bond acceptors (Lipinski definition) is 3. The van der Waals surface area contributed by atoms with Gasteiger partial charge in [0.2, 0.25) is 0 Å². The summed E-state index contributed by atoms with van der Waals surface area (Å²) in [5.41, 5.74) is 1.87. The molecule has 4 nitrogen and oxygen atoms in total. The zero-order valence-corrected chi connectivity index (χ0v) is 10.5. The van der Waals surface area contributed by atoms with E-state index >= 15 is 0 Å². The summed E-state index contributed by atoms with van der Waals surface area (Å²) < 4.78 is 5.46. The molecule has 98 valence electrons. The minimum Gasteiger partial charge on any atom is -0.507 e. The monoisotopic (exact) mass is 258 g/mol. The Morgan fingerprint density at radius 1 is 1.16 bits per heavy atom. The molecule has 0 unspecified atom stereocenters. The number of carbonyl (C=O) groups is 1. The summed E-state index contributed by atoms with van der Waals surface area (Å²) >= 11 is 0. The van der Waals surface area contributed by atoms with Crippen molar-refractivity contribution in [2.45, 2.75) is 13.5 Å². The topological polar surface area (TPSA) is 66.8 Å². The Hall–Kier alpha value is -2.49. The third-order valence-electron chi connectivity index (χ3n) is 2.73. The van der Waals surface area contributed by atoms with Crippen LogP contribution in [0.4, 0.5) is 0 Å². The summed E-state index contributed by atoms with van der Waals surface area (Å²) in [6.07, 6.45) is 0.